The molecule has 0 saturated carbocycles. The minimum absolute atomic E-state index is 0.128. The average molecular weight is 360 g/mol. The van der Waals surface area contributed by atoms with Crippen LogP contribution in [0, 0.1) is 6.92 Å². The molecule has 0 atom stereocenters. The fourth-order valence-corrected chi connectivity index (χ4v) is 2.25. The van der Waals surface area contributed by atoms with E-state index >= 15 is 0 Å². The SMILES string of the molecule is COc1ccc(NC(=S)NC(=O)COc2ccc(C)cc2)cc1OC. The summed E-state index contributed by atoms with van der Waals surface area (Å²) in [7, 11) is 3.11. The lowest BCUT2D eigenvalue weighted by atomic mass is 10.2. The van der Waals surface area contributed by atoms with Crippen molar-refractivity contribution >= 4 is 28.9 Å². The number of thiocarbonyl (C=S) groups is 1. The minimum atomic E-state index is -0.349. The van der Waals surface area contributed by atoms with E-state index in [0.29, 0.717) is 22.9 Å². The molecule has 0 aliphatic rings. The molecule has 0 aliphatic carbocycles. The first-order valence-electron chi connectivity index (χ1n) is 7.54. The van der Waals surface area contributed by atoms with Crippen LogP contribution in [0.15, 0.2) is 42.5 Å². The van der Waals surface area contributed by atoms with Gasteiger partial charge in [0.05, 0.1) is 14.2 Å². The second-order valence-corrected chi connectivity index (χ2v) is 5.58. The normalized spacial score (nSPS) is 9.88. The lowest BCUT2D eigenvalue weighted by Gasteiger charge is -2.13. The molecule has 0 spiro atoms. The summed E-state index contributed by atoms with van der Waals surface area (Å²) in [5, 5.41) is 5.64. The highest BCUT2D eigenvalue weighted by Gasteiger charge is 2.08. The molecular weight excluding hydrogens is 340 g/mol. The van der Waals surface area contributed by atoms with Gasteiger partial charge in [-0.1, -0.05) is 17.7 Å². The Bertz CT molecular complexity index is 747. The number of aryl methyl sites for hydroxylation is 1. The molecule has 0 aliphatic heterocycles. The van der Waals surface area contributed by atoms with Crippen molar-refractivity contribution in [2.24, 2.45) is 0 Å². The Labute approximate surface area is 152 Å². The van der Waals surface area contributed by atoms with E-state index in [1.54, 1.807) is 32.4 Å². The zero-order chi connectivity index (χ0) is 18.2. The number of methoxy groups -OCH3 is 2. The van der Waals surface area contributed by atoms with Crippen molar-refractivity contribution in [2.45, 2.75) is 6.92 Å². The number of carbonyl (C=O) groups is 1. The van der Waals surface area contributed by atoms with E-state index in [4.69, 9.17) is 26.4 Å². The number of nitrogens with one attached hydrogen (secondary N) is 2. The molecule has 0 saturated heterocycles. The van der Waals surface area contributed by atoms with Crippen LogP contribution in [0.2, 0.25) is 0 Å². The van der Waals surface area contributed by atoms with Gasteiger partial charge in [-0.2, -0.15) is 0 Å². The quantitative estimate of drug-likeness (QED) is 0.772. The van der Waals surface area contributed by atoms with Gasteiger partial charge in [-0.25, -0.2) is 0 Å². The highest BCUT2D eigenvalue weighted by Crippen LogP contribution is 2.29. The van der Waals surface area contributed by atoms with E-state index in [1.165, 1.54) is 0 Å². The van der Waals surface area contributed by atoms with Gasteiger partial charge in [0.15, 0.2) is 23.2 Å². The van der Waals surface area contributed by atoms with E-state index in [2.05, 4.69) is 10.6 Å². The molecule has 7 heteroatoms. The van der Waals surface area contributed by atoms with Gasteiger partial charge in [-0.3, -0.25) is 10.1 Å². The van der Waals surface area contributed by atoms with Crippen molar-refractivity contribution in [2.75, 3.05) is 26.1 Å². The molecule has 2 aromatic rings. The van der Waals surface area contributed by atoms with Gasteiger partial charge in [0.25, 0.3) is 5.91 Å². The lowest BCUT2D eigenvalue weighted by Crippen LogP contribution is -2.37. The van der Waals surface area contributed by atoms with Crippen LogP contribution in [0.1, 0.15) is 5.56 Å². The number of benzene rings is 2. The predicted molar refractivity (Wildman–Crippen MR) is 101 cm³/mol. The van der Waals surface area contributed by atoms with Gasteiger partial charge in [0.2, 0.25) is 0 Å². The third kappa shape index (κ3) is 5.65. The molecule has 2 N–H and O–H groups in total. The summed E-state index contributed by atoms with van der Waals surface area (Å²) in [6, 6.07) is 12.7. The van der Waals surface area contributed by atoms with E-state index in [0.717, 1.165) is 5.56 Å². The Morgan fingerprint density at radius 2 is 1.72 bits per heavy atom. The second-order valence-electron chi connectivity index (χ2n) is 5.17. The van der Waals surface area contributed by atoms with Crippen LogP contribution in [0.25, 0.3) is 0 Å². The summed E-state index contributed by atoms with van der Waals surface area (Å²) in [6.07, 6.45) is 0. The first-order valence-corrected chi connectivity index (χ1v) is 7.95. The van der Waals surface area contributed by atoms with Crippen molar-refractivity contribution in [1.82, 2.24) is 5.32 Å². The van der Waals surface area contributed by atoms with E-state index in [1.807, 2.05) is 31.2 Å². The summed E-state index contributed by atoms with van der Waals surface area (Å²) < 4.78 is 15.8. The molecule has 0 aromatic heterocycles. The van der Waals surface area contributed by atoms with Crippen LogP contribution >= 0.6 is 12.2 Å². The lowest BCUT2D eigenvalue weighted by molar-refractivity contribution is -0.121. The summed E-state index contributed by atoms with van der Waals surface area (Å²) >= 11 is 5.13. The second kappa shape index (κ2) is 8.89. The van der Waals surface area contributed by atoms with Gasteiger partial charge in [0, 0.05) is 11.8 Å². The largest absolute Gasteiger partial charge is 0.493 e. The van der Waals surface area contributed by atoms with Crippen LogP contribution in [0.3, 0.4) is 0 Å². The molecule has 2 aromatic carbocycles. The highest BCUT2D eigenvalue weighted by atomic mass is 32.1. The number of anilines is 1. The molecule has 6 nitrogen and oxygen atoms in total. The first kappa shape index (κ1) is 18.5. The Morgan fingerprint density at radius 1 is 1.04 bits per heavy atom. The monoisotopic (exact) mass is 360 g/mol. The predicted octanol–water partition coefficient (Wildman–Crippen LogP) is 2.90. The third-order valence-corrected chi connectivity index (χ3v) is 3.49. The van der Waals surface area contributed by atoms with E-state index in [-0.39, 0.29) is 17.6 Å². The maximum absolute atomic E-state index is 11.9. The molecule has 0 radical (unpaired) electrons. The van der Waals surface area contributed by atoms with Gasteiger partial charge in [-0.05, 0) is 43.4 Å². The van der Waals surface area contributed by atoms with Crippen LogP contribution in [0.4, 0.5) is 5.69 Å². The number of rotatable bonds is 6. The Kier molecular flexibility index (Phi) is 6.59. The topological polar surface area (TPSA) is 68.8 Å². The highest BCUT2D eigenvalue weighted by molar-refractivity contribution is 7.80. The number of carbonyl (C=O) groups excluding carboxylic acids is 1. The van der Waals surface area contributed by atoms with E-state index < -0.39 is 0 Å². The average Bonchev–Trinajstić information content (AvgIpc) is 2.61. The molecule has 0 heterocycles. The number of hydrogen-bond donors (Lipinski definition) is 2. The third-order valence-electron chi connectivity index (χ3n) is 3.29. The Hall–Kier alpha value is -2.80. The fourth-order valence-electron chi connectivity index (χ4n) is 2.02. The summed E-state index contributed by atoms with van der Waals surface area (Å²) in [5.41, 5.74) is 1.79. The molecule has 0 unspecified atom stereocenters. The smallest absolute Gasteiger partial charge is 0.264 e. The minimum Gasteiger partial charge on any atom is -0.493 e. The van der Waals surface area contributed by atoms with Gasteiger partial charge in [0.1, 0.15) is 5.75 Å². The van der Waals surface area contributed by atoms with Crippen molar-refractivity contribution in [3.63, 3.8) is 0 Å². The number of amides is 1. The fraction of sp³-hybridized carbons (Fsp3) is 0.222. The van der Waals surface area contributed by atoms with Gasteiger partial charge < -0.3 is 19.5 Å². The van der Waals surface area contributed by atoms with Gasteiger partial charge >= 0.3 is 0 Å². The van der Waals surface area contributed by atoms with Crippen LogP contribution < -0.4 is 24.8 Å². The van der Waals surface area contributed by atoms with Crippen molar-refractivity contribution in [3.05, 3.63) is 48.0 Å². The summed E-state index contributed by atoms with van der Waals surface area (Å²) in [4.78, 5) is 11.9. The maximum Gasteiger partial charge on any atom is 0.264 e. The van der Waals surface area contributed by atoms with E-state index in [9.17, 15) is 4.79 Å². The Balaban J connectivity index is 1.85. The zero-order valence-corrected chi connectivity index (χ0v) is 15.1. The standard InChI is InChI=1S/C18H20N2O4S/c1-12-4-7-14(8-5-12)24-11-17(21)20-18(25)19-13-6-9-15(22-2)16(10-13)23-3/h4-10H,11H2,1-3H3,(H2,19,20,21,25). The molecule has 1 amide bonds. The van der Waals surface area contributed by atoms with Crippen LogP contribution in [-0.4, -0.2) is 31.8 Å². The number of hydrogen-bond acceptors (Lipinski definition) is 5. The molecule has 0 fully saturated rings. The molecule has 132 valence electrons. The van der Waals surface area contributed by atoms with Crippen molar-refractivity contribution in [1.29, 1.82) is 0 Å². The van der Waals surface area contributed by atoms with Gasteiger partial charge in [-0.15, -0.1) is 0 Å². The van der Waals surface area contributed by atoms with Crippen molar-refractivity contribution < 1.29 is 19.0 Å². The zero-order valence-electron chi connectivity index (χ0n) is 14.3. The Morgan fingerprint density at radius 3 is 2.36 bits per heavy atom. The summed E-state index contributed by atoms with van der Waals surface area (Å²) in [5.74, 6) is 1.44. The maximum atomic E-state index is 11.9. The molecule has 0 bridgehead atoms. The molecule has 25 heavy (non-hydrogen) atoms. The molecular formula is C18H20N2O4S. The van der Waals surface area contributed by atoms with Crippen LogP contribution in [0.5, 0.6) is 17.2 Å². The number of ether oxygens (including phenoxy) is 3. The van der Waals surface area contributed by atoms with Crippen molar-refractivity contribution in [3.8, 4) is 17.2 Å². The summed E-state index contributed by atoms with van der Waals surface area (Å²) in [6.45, 7) is 1.85. The van der Waals surface area contributed by atoms with Crippen LogP contribution in [-0.2, 0) is 4.79 Å². The molecule has 2 rings (SSSR count). The first-order chi connectivity index (χ1) is 12.0.